The molecule has 40 heavy (non-hydrogen) atoms. The van der Waals surface area contributed by atoms with Gasteiger partial charge in [0.2, 0.25) is 0 Å². The van der Waals surface area contributed by atoms with Crippen LogP contribution in [0.25, 0.3) is 0 Å². The molecule has 0 radical (unpaired) electrons. The van der Waals surface area contributed by atoms with E-state index in [1.54, 1.807) is 31.2 Å². The van der Waals surface area contributed by atoms with Gasteiger partial charge in [-0.25, -0.2) is 8.42 Å². The van der Waals surface area contributed by atoms with Crippen LogP contribution in [0.4, 0.5) is 18.9 Å². The molecule has 1 amide bonds. The predicted octanol–water partition coefficient (Wildman–Crippen LogP) is 6.74. The maximum Gasteiger partial charge on any atom is 0.417 e. The number of alkyl halides is 3. The first-order valence-electron chi connectivity index (χ1n) is 12.3. The van der Waals surface area contributed by atoms with Gasteiger partial charge in [0.1, 0.15) is 5.75 Å². The van der Waals surface area contributed by atoms with Crippen molar-refractivity contribution in [2.75, 3.05) is 30.9 Å². The first kappa shape index (κ1) is 30.0. The van der Waals surface area contributed by atoms with Crippen molar-refractivity contribution in [2.24, 2.45) is 0 Å². The minimum absolute atomic E-state index is 0.0540. The van der Waals surface area contributed by atoms with Gasteiger partial charge in [-0.3, -0.25) is 9.52 Å². The Bertz CT molecular complexity index is 1490. The average Bonchev–Trinajstić information content (AvgIpc) is 3.40. The fraction of sp³-hybridized carbons (Fsp3) is 0.296. The third kappa shape index (κ3) is 7.39. The summed E-state index contributed by atoms with van der Waals surface area (Å²) in [4.78, 5) is 14.1. The summed E-state index contributed by atoms with van der Waals surface area (Å²) in [5.41, 5.74) is -0.386. The number of nitrogens with one attached hydrogen (secondary N) is 2. The lowest BCUT2D eigenvalue weighted by atomic mass is 10.2. The zero-order valence-corrected chi connectivity index (χ0v) is 23.6. The molecular formula is C27H26Cl2F3N3O4S. The Hall–Kier alpha value is -2.99. The highest BCUT2D eigenvalue weighted by molar-refractivity contribution is 7.92. The number of sulfonamides is 1. The summed E-state index contributed by atoms with van der Waals surface area (Å²) in [6.07, 6.45) is -2.50. The van der Waals surface area contributed by atoms with Crippen molar-refractivity contribution in [3.63, 3.8) is 0 Å². The molecule has 1 fully saturated rings. The van der Waals surface area contributed by atoms with Gasteiger partial charge >= 0.3 is 6.18 Å². The summed E-state index contributed by atoms with van der Waals surface area (Å²) in [7, 11) is -4.49. The number of aryl methyl sites for hydroxylation is 1. The number of carbonyl (C=O) groups is 1. The van der Waals surface area contributed by atoms with E-state index in [1.807, 2.05) is 0 Å². The molecule has 0 atom stereocenters. The molecule has 1 heterocycles. The van der Waals surface area contributed by atoms with E-state index in [0.717, 1.165) is 31.8 Å². The summed E-state index contributed by atoms with van der Waals surface area (Å²) in [5, 5.41) is 2.46. The Morgan fingerprint density at radius 1 is 1.00 bits per heavy atom. The largest absolute Gasteiger partial charge is 0.455 e. The minimum Gasteiger partial charge on any atom is -0.455 e. The van der Waals surface area contributed by atoms with Crippen molar-refractivity contribution in [3.8, 4) is 11.5 Å². The van der Waals surface area contributed by atoms with Gasteiger partial charge in [0.05, 0.1) is 21.2 Å². The Labute approximate surface area is 240 Å². The zero-order valence-electron chi connectivity index (χ0n) is 21.3. The number of rotatable bonds is 9. The molecule has 0 bridgehead atoms. The molecule has 0 aliphatic carbocycles. The Morgan fingerprint density at radius 3 is 2.33 bits per heavy atom. The second-order valence-electron chi connectivity index (χ2n) is 9.27. The van der Waals surface area contributed by atoms with Crippen molar-refractivity contribution in [1.29, 1.82) is 0 Å². The fourth-order valence-corrected chi connectivity index (χ4v) is 5.62. The molecule has 0 aromatic heterocycles. The van der Waals surface area contributed by atoms with Gasteiger partial charge in [-0.2, -0.15) is 13.2 Å². The van der Waals surface area contributed by atoms with Gasteiger partial charge in [0, 0.05) is 23.7 Å². The van der Waals surface area contributed by atoms with Crippen LogP contribution in [-0.4, -0.2) is 45.4 Å². The van der Waals surface area contributed by atoms with Gasteiger partial charge in [0.15, 0.2) is 5.75 Å². The molecule has 0 unspecified atom stereocenters. The number of hydrogen-bond acceptors (Lipinski definition) is 5. The lowest BCUT2D eigenvalue weighted by Crippen LogP contribution is -2.33. The van der Waals surface area contributed by atoms with Crippen molar-refractivity contribution in [1.82, 2.24) is 10.2 Å². The summed E-state index contributed by atoms with van der Waals surface area (Å²) in [6.45, 7) is 5.08. The van der Waals surface area contributed by atoms with Crippen molar-refractivity contribution >= 4 is 44.8 Å². The maximum absolute atomic E-state index is 13.3. The van der Waals surface area contributed by atoms with Crippen molar-refractivity contribution in [3.05, 3.63) is 81.3 Å². The van der Waals surface area contributed by atoms with Crippen LogP contribution in [0.2, 0.25) is 10.0 Å². The second kappa shape index (κ2) is 12.3. The van der Waals surface area contributed by atoms with Gasteiger partial charge in [-0.1, -0.05) is 23.2 Å². The molecule has 4 rings (SSSR count). The highest BCUT2D eigenvalue weighted by atomic mass is 35.5. The minimum atomic E-state index is -4.85. The van der Waals surface area contributed by atoms with Crippen LogP contribution in [0.5, 0.6) is 11.5 Å². The molecule has 3 aromatic rings. The number of halogens is 5. The molecule has 0 spiro atoms. The number of amides is 1. The van der Waals surface area contributed by atoms with Crippen LogP contribution in [0, 0.1) is 6.92 Å². The van der Waals surface area contributed by atoms with E-state index in [-0.39, 0.29) is 22.4 Å². The average molecular weight is 616 g/mol. The normalized spacial score (nSPS) is 14.2. The zero-order chi connectivity index (χ0) is 29.1. The van der Waals surface area contributed by atoms with Gasteiger partial charge in [0.25, 0.3) is 15.9 Å². The third-order valence-electron chi connectivity index (χ3n) is 6.32. The predicted molar refractivity (Wildman–Crippen MR) is 148 cm³/mol. The van der Waals surface area contributed by atoms with Crippen LogP contribution in [0.1, 0.15) is 34.3 Å². The van der Waals surface area contributed by atoms with E-state index in [0.29, 0.717) is 29.5 Å². The van der Waals surface area contributed by atoms with E-state index < -0.39 is 31.7 Å². The molecule has 1 saturated heterocycles. The first-order valence-corrected chi connectivity index (χ1v) is 14.6. The Kier molecular flexibility index (Phi) is 9.19. The number of anilines is 1. The van der Waals surface area contributed by atoms with Gasteiger partial charge < -0.3 is 15.0 Å². The van der Waals surface area contributed by atoms with E-state index >= 15 is 0 Å². The van der Waals surface area contributed by atoms with Crippen LogP contribution in [0.3, 0.4) is 0 Å². The number of likely N-dealkylation sites (tertiary alicyclic amines) is 1. The molecule has 2 N–H and O–H groups in total. The topological polar surface area (TPSA) is 87.7 Å². The summed E-state index contributed by atoms with van der Waals surface area (Å²) in [5.74, 6) is 0.114. The summed E-state index contributed by atoms with van der Waals surface area (Å²) in [6, 6.07) is 11.3. The molecule has 1 aliphatic rings. The highest BCUT2D eigenvalue weighted by Crippen LogP contribution is 2.38. The number of ether oxygens (including phenoxy) is 1. The van der Waals surface area contributed by atoms with E-state index in [2.05, 4.69) is 14.9 Å². The number of benzene rings is 3. The fourth-order valence-electron chi connectivity index (χ4n) is 4.15. The lowest BCUT2D eigenvalue weighted by molar-refractivity contribution is -0.137. The van der Waals surface area contributed by atoms with Crippen molar-refractivity contribution < 1.29 is 31.1 Å². The Morgan fingerprint density at radius 2 is 1.68 bits per heavy atom. The summed E-state index contributed by atoms with van der Waals surface area (Å²) >= 11 is 11.8. The summed E-state index contributed by atoms with van der Waals surface area (Å²) < 4.78 is 74.0. The molecule has 7 nitrogen and oxygen atoms in total. The molecule has 1 aliphatic heterocycles. The molecule has 3 aromatic carbocycles. The van der Waals surface area contributed by atoms with E-state index in [4.69, 9.17) is 27.9 Å². The highest BCUT2D eigenvalue weighted by Gasteiger charge is 2.34. The van der Waals surface area contributed by atoms with Crippen LogP contribution < -0.4 is 14.8 Å². The SMILES string of the molecule is Cc1cc(Oc2ccc(C(=O)NCCN3CCCC3)cc2)c(NS(=O)(=O)c2ccc(Cl)c(C(F)(F)F)c2)cc1Cl. The Balaban J connectivity index is 1.50. The van der Waals surface area contributed by atoms with Crippen LogP contribution >= 0.6 is 23.2 Å². The number of nitrogens with zero attached hydrogens (tertiary/aromatic N) is 1. The molecule has 13 heteroatoms. The van der Waals surface area contributed by atoms with Gasteiger partial charge in [-0.05, 0) is 93.0 Å². The van der Waals surface area contributed by atoms with E-state index in [1.165, 1.54) is 25.0 Å². The smallest absolute Gasteiger partial charge is 0.417 e. The maximum atomic E-state index is 13.3. The first-order chi connectivity index (χ1) is 18.8. The van der Waals surface area contributed by atoms with Crippen molar-refractivity contribution in [2.45, 2.75) is 30.8 Å². The molecule has 214 valence electrons. The molecule has 0 saturated carbocycles. The van der Waals surface area contributed by atoms with Gasteiger partial charge in [-0.15, -0.1) is 0 Å². The monoisotopic (exact) mass is 615 g/mol. The standard InChI is InChI=1S/C27H26Cl2F3N3O4S/c1-17-14-25(39-19-6-4-18(5-7-19)26(36)33-10-13-35-11-2-3-12-35)24(16-23(17)29)34-40(37,38)20-8-9-22(28)21(15-20)27(30,31)32/h4-9,14-16,34H,2-3,10-13H2,1H3,(H,33,36). The number of carbonyl (C=O) groups excluding carboxylic acids is 1. The lowest BCUT2D eigenvalue weighted by Gasteiger charge is -2.17. The number of hydrogen-bond donors (Lipinski definition) is 2. The van der Waals surface area contributed by atoms with Crippen LogP contribution in [0.15, 0.2) is 59.5 Å². The molecular weight excluding hydrogens is 590 g/mol. The quantitative estimate of drug-likeness (QED) is 0.278. The third-order valence-corrected chi connectivity index (χ3v) is 8.42. The van der Waals surface area contributed by atoms with Crippen LogP contribution in [-0.2, 0) is 16.2 Å². The second-order valence-corrected chi connectivity index (χ2v) is 11.8. The van der Waals surface area contributed by atoms with E-state index in [9.17, 15) is 26.4 Å².